The number of hydrogen-bond acceptors (Lipinski definition) is 4. The summed E-state index contributed by atoms with van der Waals surface area (Å²) in [7, 11) is 0. The summed E-state index contributed by atoms with van der Waals surface area (Å²) in [5.41, 5.74) is 3.96. The molecule has 1 atom stereocenters. The summed E-state index contributed by atoms with van der Waals surface area (Å²) in [6, 6.07) is 13.7. The van der Waals surface area contributed by atoms with Gasteiger partial charge >= 0.3 is 0 Å². The average Bonchev–Trinajstić information content (AvgIpc) is 2.86. The van der Waals surface area contributed by atoms with E-state index < -0.39 is 6.10 Å². The third-order valence-electron chi connectivity index (χ3n) is 4.41. The highest BCUT2D eigenvalue weighted by Crippen LogP contribution is 2.29. The minimum Gasteiger partial charge on any atom is -0.492 e. The Morgan fingerprint density at radius 3 is 3.00 bits per heavy atom. The van der Waals surface area contributed by atoms with Crippen molar-refractivity contribution in [2.75, 3.05) is 25.1 Å². The van der Waals surface area contributed by atoms with E-state index in [0.717, 1.165) is 42.1 Å². The smallest absolute Gasteiger partial charge is 0.258 e. The number of fused-ring (bicyclic) bond motifs is 2. The quantitative estimate of drug-likeness (QED) is 0.891. The molecule has 0 bridgehead atoms. The Kier molecular flexibility index (Phi) is 4.19. The van der Waals surface area contributed by atoms with Crippen molar-refractivity contribution < 1.29 is 14.3 Å². The van der Waals surface area contributed by atoms with Crippen molar-refractivity contribution in [3.63, 3.8) is 0 Å². The molecule has 0 saturated heterocycles. The highest BCUT2D eigenvalue weighted by Gasteiger charge is 2.27. The summed E-state index contributed by atoms with van der Waals surface area (Å²) in [6.07, 6.45) is 0.296. The lowest BCUT2D eigenvalue weighted by molar-refractivity contribution is -0.128. The number of ether oxygens (including phenoxy) is 2. The minimum absolute atomic E-state index is 0.135. The molecule has 2 aromatic rings. The van der Waals surface area contributed by atoms with Crippen LogP contribution in [0.15, 0.2) is 42.5 Å². The van der Waals surface area contributed by atoms with Crippen LogP contribution < -0.4 is 15.4 Å². The Hall–Kier alpha value is -2.37. The molecule has 5 nitrogen and oxygen atoms in total. The molecule has 24 heavy (non-hydrogen) atoms. The van der Waals surface area contributed by atoms with E-state index in [4.69, 9.17) is 9.47 Å². The second-order valence-corrected chi connectivity index (χ2v) is 6.04. The second kappa shape index (κ2) is 6.63. The van der Waals surface area contributed by atoms with Crippen molar-refractivity contribution in [2.45, 2.75) is 19.1 Å². The third-order valence-corrected chi connectivity index (χ3v) is 4.41. The first-order chi connectivity index (χ1) is 11.8. The number of hydrogen-bond donors (Lipinski definition) is 2. The maximum absolute atomic E-state index is 12.7. The molecule has 2 aliphatic rings. The van der Waals surface area contributed by atoms with Crippen molar-refractivity contribution in [1.29, 1.82) is 0 Å². The van der Waals surface area contributed by atoms with Gasteiger partial charge in [0.25, 0.3) is 5.91 Å². The van der Waals surface area contributed by atoms with Crippen molar-refractivity contribution >= 4 is 11.6 Å². The van der Waals surface area contributed by atoms with E-state index in [2.05, 4.69) is 16.7 Å². The second-order valence-electron chi connectivity index (χ2n) is 6.04. The number of carbonyl (C=O) groups excluding carboxylic acids is 1. The van der Waals surface area contributed by atoms with Gasteiger partial charge in [0.15, 0.2) is 6.10 Å². The fraction of sp³-hybridized carbons (Fsp3) is 0.316. The maximum Gasteiger partial charge on any atom is 0.258 e. The van der Waals surface area contributed by atoms with E-state index in [9.17, 15) is 4.79 Å². The van der Waals surface area contributed by atoms with Crippen LogP contribution in [0.25, 0.3) is 0 Å². The first-order valence-electron chi connectivity index (χ1n) is 8.28. The van der Waals surface area contributed by atoms with Gasteiger partial charge in [-0.3, -0.25) is 4.79 Å². The predicted octanol–water partition coefficient (Wildman–Crippen LogP) is 2.42. The van der Waals surface area contributed by atoms with Crippen molar-refractivity contribution in [3.05, 3.63) is 59.2 Å². The van der Waals surface area contributed by atoms with E-state index in [1.165, 1.54) is 5.56 Å². The summed E-state index contributed by atoms with van der Waals surface area (Å²) in [6.45, 7) is 2.79. The van der Waals surface area contributed by atoms with Crippen LogP contribution >= 0.6 is 0 Å². The highest BCUT2D eigenvalue weighted by molar-refractivity contribution is 5.95. The topological polar surface area (TPSA) is 59.6 Å². The number of amides is 1. The Balaban J connectivity index is 1.54. The van der Waals surface area contributed by atoms with Gasteiger partial charge in [-0.25, -0.2) is 0 Å². The van der Waals surface area contributed by atoms with Gasteiger partial charge in [-0.2, -0.15) is 0 Å². The summed E-state index contributed by atoms with van der Waals surface area (Å²) >= 11 is 0. The Bertz CT molecular complexity index is 760. The third kappa shape index (κ3) is 3.00. The monoisotopic (exact) mass is 324 g/mol. The molecule has 0 aliphatic carbocycles. The lowest BCUT2D eigenvalue weighted by atomic mass is 9.97. The fourth-order valence-corrected chi connectivity index (χ4v) is 3.21. The van der Waals surface area contributed by atoms with E-state index in [1.54, 1.807) is 0 Å². The van der Waals surface area contributed by atoms with Gasteiger partial charge in [0, 0.05) is 24.3 Å². The standard InChI is InChI=1S/C19H20N2O3/c22-19(18-16-4-2-1-3-13(16)7-9-24-18)21-15-5-6-17-14(11-15)12-20-8-10-23-17/h1-6,11,18,20H,7-10,12H2,(H,21,22). The lowest BCUT2D eigenvalue weighted by Crippen LogP contribution is -2.28. The molecule has 2 aliphatic heterocycles. The van der Waals surface area contributed by atoms with E-state index in [1.807, 2.05) is 36.4 Å². The molecule has 2 aromatic carbocycles. The van der Waals surface area contributed by atoms with Crippen LogP contribution in [-0.4, -0.2) is 25.7 Å². The first kappa shape index (κ1) is 15.2. The summed E-state index contributed by atoms with van der Waals surface area (Å²) in [5, 5.41) is 6.27. The maximum atomic E-state index is 12.7. The van der Waals surface area contributed by atoms with E-state index >= 15 is 0 Å². The van der Waals surface area contributed by atoms with E-state index in [0.29, 0.717) is 13.2 Å². The molecule has 124 valence electrons. The van der Waals surface area contributed by atoms with Crippen molar-refractivity contribution in [3.8, 4) is 5.75 Å². The van der Waals surface area contributed by atoms with Crippen molar-refractivity contribution in [1.82, 2.24) is 5.32 Å². The van der Waals surface area contributed by atoms with E-state index in [-0.39, 0.29) is 5.91 Å². The molecular weight excluding hydrogens is 304 g/mol. The summed E-state index contributed by atoms with van der Waals surface area (Å²) in [5.74, 6) is 0.738. The van der Waals surface area contributed by atoms with Crippen LogP contribution in [0.5, 0.6) is 5.75 Å². The Morgan fingerprint density at radius 1 is 1.12 bits per heavy atom. The van der Waals surface area contributed by atoms with Crippen LogP contribution in [-0.2, 0) is 22.5 Å². The van der Waals surface area contributed by atoms with Gasteiger partial charge in [0.1, 0.15) is 12.4 Å². The molecule has 0 aromatic heterocycles. The fourth-order valence-electron chi connectivity index (χ4n) is 3.21. The van der Waals surface area contributed by atoms with Crippen LogP contribution in [0.1, 0.15) is 22.8 Å². The predicted molar refractivity (Wildman–Crippen MR) is 91.1 cm³/mol. The zero-order valence-electron chi connectivity index (χ0n) is 13.4. The van der Waals surface area contributed by atoms with Gasteiger partial charge in [-0.1, -0.05) is 24.3 Å². The lowest BCUT2D eigenvalue weighted by Gasteiger charge is -2.25. The van der Waals surface area contributed by atoms with Gasteiger partial charge in [0.05, 0.1) is 6.61 Å². The van der Waals surface area contributed by atoms with Crippen LogP contribution in [0.4, 0.5) is 5.69 Å². The largest absolute Gasteiger partial charge is 0.492 e. The molecular formula is C19H20N2O3. The minimum atomic E-state index is -0.553. The molecule has 0 radical (unpaired) electrons. The Labute approximate surface area is 141 Å². The van der Waals surface area contributed by atoms with Gasteiger partial charge in [-0.15, -0.1) is 0 Å². The SMILES string of the molecule is O=C(Nc1ccc2c(c1)CNCCO2)C1OCCc2ccccc21. The number of nitrogens with one attached hydrogen (secondary N) is 2. The molecule has 2 N–H and O–H groups in total. The molecule has 0 saturated carbocycles. The molecule has 4 rings (SSSR count). The van der Waals surface area contributed by atoms with Crippen LogP contribution in [0.2, 0.25) is 0 Å². The molecule has 2 heterocycles. The van der Waals surface area contributed by atoms with Crippen molar-refractivity contribution in [2.24, 2.45) is 0 Å². The van der Waals surface area contributed by atoms with Gasteiger partial charge in [-0.05, 0) is 35.7 Å². The molecule has 1 amide bonds. The normalized spacial score (nSPS) is 19.4. The molecule has 5 heteroatoms. The number of anilines is 1. The number of carbonyl (C=O) groups is 1. The molecule has 0 fully saturated rings. The summed E-state index contributed by atoms with van der Waals surface area (Å²) < 4.78 is 11.4. The average molecular weight is 324 g/mol. The van der Waals surface area contributed by atoms with Gasteiger partial charge in [0.2, 0.25) is 0 Å². The highest BCUT2D eigenvalue weighted by atomic mass is 16.5. The van der Waals surface area contributed by atoms with Crippen LogP contribution in [0.3, 0.4) is 0 Å². The molecule has 0 spiro atoms. The summed E-state index contributed by atoms with van der Waals surface area (Å²) in [4.78, 5) is 12.7. The molecule has 1 unspecified atom stereocenters. The number of rotatable bonds is 2. The zero-order valence-corrected chi connectivity index (χ0v) is 13.4. The zero-order chi connectivity index (χ0) is 16.4. The first-order valence-corrected chi connectivity index (χ1v) is 8.28. The van der Waals surface area contributed by atoms with Gasteiger partial charge < -0.3 is 20.1 Å². The number of benzene rings is 2. The Morgan fingerprint density at radius 2 is 2.04 bits per heavy atom. The van der Waals surface area contributed by atoms with Crippen LogP contribution in [0, 0.1) is 0 Å².